The number of para-hydroxylation sites is 1. The van der Waals surface area contributed by atoms with E-state index in [1.807, 2.05) is 73.0 Å². The van der Waals surface area contributed by atoms with Gasteiger partial charge in [0.1, 0.15) is 27.8 Å². The number of benzene rings is 3. The molecule has 172 valence electrons. The Morgan fingerprint density at radius 1 is 1.06 bits per heavy atom. The van der Waals surface area contributed by atoms with Crippen LogP contribution in [0.25, 0.3) is 10.1 Å². The van der Waals surface area contributed by atoms with E-state index < -0.39 is 17.3 Å². The van der Waals surface area contributed by atoms with Crippen molar-refractivity contribution in [3.05, 3.63) is 88.3 Å². The second kappa shape index (κ2) is 9.50. The Balaban J connectivity index is 1.37. The van der Waals surface area contributed by atoms with E-state index in [9.17, 15) is 9.59 Å². The Bertz CT molecular complexity index is 1380. The molecule has 5 rings (SSSR count). The van der Waals surface area contributed by atoms with Crippen LogP contribution in [0.1, 0.15) is 21.3 Å². The first-order chi connectivity index (χ1) is 16.5. The van der Waals surface area contributed by atoms with Gasteiger partial charge in [0.05, 0.1) is 5.02 Å². The molecule has 2 unspecified atom stereocenters. The van der Waals surface area contributed by atoms with Gasteiger partial charge in [0.15, 0.2) is 0 Å². The van der Waals surface area contributed by atoms with Crippen LogP contribution in [-0.4, -0.2) is 28.5 Å². The molecule has 2 atom stereocenters. The Morgan fingerprint density at radius 3 is 2.50 bits per heavy atom. The van der Waals surface area contributed by atoms with Crippen molar-refractivity contribution in [3.8, 4) is 11.5 Å². The van der Waals surface area contributed by atoms with Crippen LogP contribution in [0.3, 0.4) is 0 Å². The number of ether oxygens (including phenoxy) is 1. The smallest absolute Gasteiger partial charge is 0.281 e. The number of fused-ring (bicyclic) bond motifs is 1. The van der Waals surface area contributed by atoms with Crippen molar-refractivity contribution in [2.24, 2.45) is 0 Å². The number of rotatable bonds is 6. The van der Waals surface area contributed by atoms with Crippen molar-refractivity contribution in [1.29, 1.82) is 0 Å². The normalized spacial score (nSPS) is 17.5. The van der Waals surface area contributed by atoms with E-state index in [-0.39, 0.29) is 5.91 Å². The Labute approximate surface area is 214 Å². The summed E-state index contributed by atoms with van der Waals surface area (Å²) in [6.45, 7) is 0. The van der Waals surface area contributed by atoms with Gasteiger partial charge in [0.25, 0.3) is 11.8 Å². The number of thiophene rings is 1. The maximum absolute atomic E-state index is 13.1. The fraction of sp³-hybridized carbons (Fsp3) is 0.120. The van der Waals surface area contributed by atoms with Gasteiger partial charge in [-0.3, -0.25) is 15.0 Å². The molecule has 5 nitrogen and oxygen atoms in total. The maximum atomic E-state index is 13.1. The third-order valence-electron chi connectivity index (χ3n) is 5.49. The Morgan fingerprint density at radius 2 is 1.79 bits per heavy atom. The molecule has 34 heavy (non-hydrogen) atoms. The zero-order valence-electron chi connectivity index (χ0n) is 17.8. The summed E-state index contributed by atoms with van der Waals surface area (Å²) in [7, 11) is 0. The van der Waals surface area contributed by atoms with Crippen molar-refractivity contribution in [1.82, 2.24) is 10.4 Å². The van der Waals surface area contributed by atoms with Gasteiger partial charge in [-0.2, -0.15) is 0 Å². The molecule has 0 aliphatic carbocycles. The molecule has 9 heteroatoms. The van der Waals surface area contributed by atoms with Crippen LogP contribution in [0, 0.1) is 0 Å². The predicted octanol–water partition coefficient (Wildman–Crippen LogP) is 6.90. The second-order valence-corrected chi connectivity index (χ2v) is 10.4. The standard InChI is InChI=1S/C25H18Cl2N2O3S2/c1-33-17-10-7-14(8-11-17)22-21(27)25(31)29(22)28-24(30)23-20(26)18-13-16(9-12-19(18)34-23)32-15-5-3-2-4-6-15/h2-13,21-22H,1H3,(H,28,30). The second-order valence-electron chi connectivity index (χ2n) is 7.59. The molecule has 1 N–H and O–H groups in total. The fourth-order valence-electron chi connectivity index (χ4n) is 3.74. The fourth-order valence-corrected chi connectivity index (χ4v) is 5.89. The lowest BCUT2D eigenvalue weighted by atomic mass is 9.95. The first-order valence-corrected chi connectivity index (χ1v) is 13.2. The monoisotopic (exact) mass is 528 g/mol. The lowest BCUT2D eigenvalue weighted by molar-refractivity contribution is -0.149. The minimum absolute atomic E-state index is 0.312. The number of amides is 2. The summed E-state index contributed by atoms with van der Waals surface area (Å²) in [5.74, 6) is 0.501. The molecular weight excluding hydrogens is 511 g/mol. The zero-order valence-corrected chi connectivity index (χ0v) is 21.0. The van der Waals surface area contributed by atoms with Gasteiger partial charge < -0.3 is 4.74 Å². The number of alkyl halides is 1. The minimum Gasteiger partial charge on any atom is -0.457 e. The quantitative estimate of drug-likeness (QED) is 0.168. The van der Waals surface area contributed by atoms with Crippen molar-refractivity contribution in [2.45, 2.75) is 16.3 Å². The van der Waals surface area contributed by atoms with Crippen molar-refractivity contribution in [3.63, 3.8) is 0 Å². The maximum Gasteiger partial charge on any atom is 0.281 e. The number of hydrogen-bond acceptors (Lipinski definition) is 5. The molecule has 1 aliphatic rings. The van der Waals surface area contributed by atoms with Gasteiger partial charge in [0, 0.05) is 15.0 Å². The third kappa shape index (κ3) is 4.25. The highest BCUT2D eigenvalue weighted by molar-refractivity contribution is 7.98. The van der Waals surface area contributed by atoms with E-state index in [0.29, 0.717) is 26.8 Å². The topological polar surface area (TPSA) is 58.6 Å². The van der Waals surface area contributed by atoms with E-state index in [2.05, 4.69) is 5.43 Å². The van der Waals surface area contributed by atoms with Crippen molar-refractivity contribution < 1.29 is 14.3 Å². The summed E-state index contributed by atoms with van der Waals surface area (Å²) < 4.78 is 6.72. The van der Waals surface area contributed by atoms with Crippen LogP contribution >= 0.6 is 46.3 Å². The Hall–Kier alpha value is -2.71. The molecule has 1 saturated heterocycles. The molecule has 4 aromatic rings. The number of hydrogen-bond donors (Lipinski definition) is 1. The molecule has 2 amide bonds. The number of carbonyl (C=O) groups is 2. The number of halogens is 2. The van der Waals surface area contributed by atoms with E-state index in [1.165, 1.54) is 16.3 Å². The number of nitrogens with one attached hydrogen (secondary N) is 1. The van der Waals surface area contributed by atoms with Crippen LogP contribution in [0.15, 0.2) is 77.7 Å². The molecule has 0 radical (unpaired) electrons. The minimum atomic E-state index is -0.740. The molecule has 0 bridgehead atoms. The SMILES string of the molecule is CSc1ccc(C2C(Cl)C(=O)N2NC(=O)c2sc3ccc(Oc4ccccc4)cc3c2Cl)cc1. The zero-order chi connectivity index (χ0) is 23.8. The van der Waals surface area contributed by atoms with E-state index in [1.54, 1.807) is 17.8 Å². The van der Waals surface area contributed by atoms with Crippen LogP contribution in [-0.2, 0) is 4.79 Å². The van der Waals surface area contributed by atoms with Crippen LogP contribution in [0.5, 0.6) is 11.5 Å². The Kier molecular flexibility index (Phi) is 6.44. The summed E-state index contributed by atoms with van der Waals surface area (Å²) in [6.07, 6.45) is 1.99. The number of hydrazine groups is 1. The molecule has 1 fully saturated rings. The number of carbonyl (C=O) groups excluding carboxylic acids is 2. The van der Waals surface area contributed by atoms with E-state index in [4.69, 9.17) is 27.9 Å². The van der Waals surface area contributed by atoms with Crippen LogP contribution < -0.4 is 10.2 Å². The van der Waals surface area contributed by atoms with Gasteiger partial charge in [0.2, 0.25) is 0 Å². The van der Waals surface area contributed by atoms with Crippen LogP contribution in [0.2, 0.25) is 5.02 Å². The summed E-state index contributed by atoms with van der Waals surface area (Å²) in [5, 5.41) is 1.56. The van der Waals surface area contributed by atoms with E-state index in [0.717, 1.165) is 15.2 Å². The number of β-lactam (4-membered cyclic amide) rings is 1. The molecule has 0 spiro atoms. The summed E-state index contributed by atoms with van der Waals surface area (Å²) in [6, 6.07) is 22.2. The lowest BCUT2D eigenvalue weighted by Crippen LogP contribution is -2.63. The highest BCUT2D eigenvalue weighted by atomic mass is 35.5. The van der Waals surface area contributed by atoms with Gasteiger partial charge in [-0.1, -0.05) is 41.9 Å². The molecule has 1 aliphatic heterocycles. The summed E-state index contributed by atoms with van der Waals surface area (Å²) >= 11 is 15.8. The number of nitrogens with zero attached hydrogens (tertiary/aromatic N) is 1. The van der Waals surface area contributed by atoms with Crippen molar-refractivity contribution >= 4 is 68.2 Å². The third-order valence-corrected chi connectivity index (χ3v) is 8.34. The van der Waals surface area contributed by atoms with Crippen molar-refractivity contribution in [2.75, 3.05) is 6.26 Å². The molecule has 3 aromatic carbocycles. The number of thioether (sulfide) groups is 1. The van der Waals surface area contributed by atoms with Crippen LogP contribution in [0.4, 0.5) is 0 Å². The summed E-state index contributed by atoms with van der Waals surface area (Å²) in [5.41, 5.74) is 3.55. The largest absolute Gasteiger partial charge is 0.457 e. The summed E-state index contributed by atoms with van der Waals surface area (Å²) in [4.78, 5) is 26.9. The highest BCUT2D eigenvalue weighted by Crippen LogP contribution is 2.40. The molecular formula is C25H18Cl2N2O3S2. The average Bonchev–Trinajstić information content (AvgIpc) is 3.20. The van der Waals surface area contributed by atoms with Gasteiger partial charge in [-0.05, 0) is 54.3 Å². The highest BCUT2D eigenvalue weighted by Gasteiger charge is 2.48. The predicted molar refractivity (Wildman–Crippen MR) is 138 cm³/mol. The molecule has 0 saturated carbocycles. The van der Waals surface area contributed by atoms with Gasteiger partial charge >= 0.3 is 0 Å². The lowest BCUT2D eigenvalue weighted by Gasteiger charge is -2.43. The first-order valence-electron chi connectivity index (χ1n) is 10.3. The molecule has 1 aromatic heterocycles. The van der Waals surface area contributed by atoms with Gasteiger partial charge in [-0.15, -0.1) is 34.7 Å². The first kappa shape index (κ1) is 23.1. The molecule has 2 heterocycles. The average molecular weight is 529 g/mol. The van der Waals surface area contributed by atoms with E-state index >= 15 is 0 Å². The van der Waals surface area contributed by atoms with Gasteiger partial charge in [-0.25, -0.2) is 5.01 Å².